The number of aromatic nitrogens is 3. The topological polar surface area (TPSA) is 66.3 Å². The molecule has 1 saturated heterocycles. The minimum atomic E-state index is 0.261. The number of carbonyl (C=O) groups is 1. The molecule has 1 aromatic carbocycles. The van der Waals surface area contributed by atoms with E-state index < -0.39 is 0 Å². The Hall–Kier alpha value is -1.27. The number of halogens is 3. The molecule has 166 valence electrons. The normalized spacial score (nSPS) is 16.1. The average molecular weight is 593 g/mol. The van der Waals surface area contributed by atoms with E-state index in [-0.39, 0.29) is 6.54 Å². The molecule has 0 spiro atoms. The number of aldehydes is 1. The third-order valence-corrected chi connectivity index (χ3v) is 7.15. The van der Waals surface area contributed by atoms with Crippen molar-refractivity contribution in [2.75, 3.05) is 43.9 Å². The van der Waals surface area contributed by atoms with E-state index in [1.165, 1.54) is 6.42 Å². The Morgan fingerprint density at radius 3 is 2.68 bits per heavy atom. The third-order valence-electron chi connectivity index (χ3n) is 5.00. The van der Waals surface area contributed by atoms with E-state index in [2.05, 4.69) is 76.6 Å². The lowest BCUT2D eigenvalue weighted by atomic mass is 10.2. The van der Waals surface area contributed by atoms with Crippen molar-refractivity contribution in [2.24, 2.45) is 0 Å². The zero-order chi connectivity index (χ0) is 22.4. The van der Waals surface area contributed by atoms with Gasteiger partial charge in [0, 0.05) is 71.9 Å². The van der Waals surface area contributed by atoms with Crippen LogP contribution in [-0.2, 0) is 4.79 Å². The maximum atomic E-state index is 10.0. The van der Waals surface area contributed by atoms with Crippen molar-refractivity contribution in [3.05, 3.63) is 46.8 Å². The highest BCUT2D eigenvalue weighted by Crippen LogP contribution is 2.30. The number of likely N-dealkylation sites (tertiary alicyclic amines) is 1. The standard InChI is InChI=1S/C12H16IN5S.C8H7Cl2NO/c1-16-5-3-9(7-16)17(2)11-10-4-6-18(19-13)12(10)15-8-14-11;9-6-3-7(10)5-8(4-6)11-1-2-12/h4,6,8-9H,3,5,7H2,1-2H3;2-5,11H,1H2. The van der Waals surface area contributed by atoms with Crippen LogP contribution in [0.25, 0.3) is 11.0 Å². The monoisotopic (exact) mass is 592 g/mol. The van der Waals surface area contributed by atoms with Gasteiger partial charge in [0.15, 0.2) is 5.65 Å². The highest BCUT2D eigenvalue weighted by molar-refractivity contribution is 14.2. The lowest BCUT2D eigenvalue weighted by Crippen LogP contribution is -2.34. The number of fused-ring (bicyclic) bond motifs is 1. The lowest BCUT2D eigenvalue weighted by Gasteiger charge is -2.25. The van der Waals surface area contributed by atoms with Gasteiger partial charge in [0.1, 0.15) is 18.4 Å². The number of hydrogen-bond donors (Lipinski definition) is 1. The molecule has 2 aromatic heterocycles. The fraction of sp³-hybridized carbons (Fsp3) is 0.350. The zero-order valence-corrected chi connectivity index (χ0v) is 21.6. The number of anilines is 2. The predicted molar refractivity (Wildman–Crippen MR) is 140 cm³/mol. The quantitative estimate of drug-likeness (QED) is 0.318. The number of benzene rings is 1. The Morgan fingerprint density at radius 1 is 1.32 bits per heavy atom. The molecule has 0 aliphatic carbocycles. The summed E-state index contributed by atoms with van der Waals surface area (Å²) < 4.78 is 2.07. The molecule has 1 unspecified atom stereocenters. The maximum Gasteiger partial charge on any atom is 0.156 e. The molecule has 7 nitrogen and oxygen atoms in total. The van der Waals surface area contributed by atoms with E-state index in [0.717, 1.165) is 41.9 Å². The van der Waals surface area contributed by atoms with Gasteiger partial charge in [-0.15, -0.1) is 0 Å². The first-order chi connectivity index (χ1) is 14.9. The largest absolute Gasteiger partial charge is 0.378 e. The number of nitrogens with one attached hydrogen (secondary N) is 1. The van der Waals surface area contributed by atoms with Gasteiger partial charge in [0.2, 0.25) is 0 Å². The van der Waals surface area contributed by atoms with Crippen LogP contribution in [-0.4, -0.2) is 64.9 Å². The van der Waals surface area contributed by atoms with Crippen molar-refractivity contribution in [3.8, 4) is 0 Å². The van der Waals surface area contributed by atoms with E-state index in [4.69, 9.17) is 23.2 Å². The molecule has 4 rings (SSSR count). The molecular weight excluding hydrogens is 570 g/mol. The summed E-state index contributed by atoms with van der Waals surface area (Å²) in [5.74, 6) is 1.04. The molecule has 11 heteroatoms. The smallest absolute Gasteiger partial charge is 0.156 e. The Kier molecular flexibility index (Phi) is 9.08. The first kappa shape index (κ1) is 24.4. The molecule has 0 saturated carbocycles. The van der Waals surface area contributed by atoms with Crippen LogP contribution in [0.1, 0.15) is 6.42 Å². The fourth-order valence-corrected chi connectivity index (χ4v) is 5.27. The minimum Gasteiger partial charge on any atom is -0.378 e. The predicted octanol–water partition coefficient (Wildman–Crippen LogP) is 5.02. The summed E-state index contributed by atoms with van der Waals surface area (Å²) in [5.41, 5.74) is 1.74. The highest BCUT2D eigenvalue weighted by atomic mass is 127. The van der Waals surface area contributed by atoms with E-state index in [9.17, 15) is 4.79 Å². The Labute approximate surface area is 208 Å². The molecule has 1 atom stereocenters. The van der Waals surface area contributed by atoms with Crippen LogP contribution < -0.4 is 10.2 Å². The van der Waals surface area contributed by atoms with Crippen molar-refractivity contribution in [2.45, 2.75) is 12.5 Å². The Bertz CT molecular complexity index is 1020. The number of likely N-dealkylation sites (N-methyl/N-ethyl adjacent to an activating group) is 2. The Balaban J connectivity index is 0.000000196. The number of rotatable bonds is 6. The van der Waals surface area contributed by atoms with Crippen LogP contribution in [0, 0.1) is 0 Å². The minimum absolute atomic E-state index is 0.261. The molecule has 0 bridgehead atoms. The molecule has 1 aliphatic heterocycles. The van der Waals surface area contributed by atoms with Gasteiger partial charge in [-0.05, 0) is 44.3 Å². The third kappa shape index (κ3) is 6.38. The first-order valence-electron chi connectivity index (χ1n) is 9.59. The summed E-state index contributed by atoms with van der Waals surface area (Å²) in [6.45, 7) is 2.52. The van der Waals surface area contributed by atoms with E-state index in [0.29, 0.717) is 16.1 Å². The highest BCUT2D eigenvalue weighted by Gasteiger charge is 2.25. The molecule has 1 aliphatic rings. The number of hydrogen-bond acceptors (Lipinski definition) is 7. The van der Waals surface area contributed by atoms with Crippen molar-refractivity contribution >= 4 is 82.4 Å². The van der Waals surface area contributed by atoms with Crippen LogP contribution in [0.4, 0.5) is 11.5 Å². The van der Waals surface area contributed by atoms with Gasteiger partial charge in [0.05, 0.1) is 11.9 Å². The summed E-state index contributed by atoms with van der Waals surface area (Å²) in [7, 11) is 5.94. The van der Waals surface area contributed by atoms with Crippen LogP contribution >= 0.6 is 53.5 Å². The van der Waals surface area contributed by atoms with Crippen molar-refractivity contribution in [3.63, 3.8) is 0 Å². The van der Waals surface area contributed by atoms with Crippen LogP contribution in [0.5, 0.6) is 0 Å². The van der Waals surface area contributed by atoms with Gasteiger partial charge in [-0.25, -0.2) is 9.97 Å². The van der Waals surface area contributed by atoms with E-state index in [1.54, 1.807) is 33.6 Å². The molecule has 3 aromatic rings. The van der Waals surface area contributed by atoms with Gasteiger partial charge >= 0.3 is 0 Å². The van der Waals surface area contributed by atoms with Gasteiger partial charge in [0.25, 0.3) is 0 Å². The first-order valence-corrected chi connectivity index (χ1v) is 13.7. The molecular formula is C20H23Cl2IN6OS. The van der Waals surface area contributed by atoms with Gasteiger partial charge in [-0.2, -0.15) is 0 Å². The van der Waals surface area contributed by atoms with Crippen molar-refractivity contribution in [1.29, 1.82) is 0 Å². The fourth-order valence-electron chi connectivity index (χ4n) is 3.47. The maximum absolute atomic E-state index is 10.0. The number of carbonyl (C=O) groups excluding carboxylic acids is 1. The van der Waals surface area contributed by atoms with E-state index >= 15 is 0 Å². The number of nitrogens with zero attached hydrogens (tertiary/aromatic N) is 5. The summed E-state index contributed by atoms with van der Waals surface area (Å²) in [6, 6.07) is 7.69. The van der Waals surface area contributed by atoms with Crippen LogP contribution in [0.3, 0.4) is 0 Å². The SMILES string of the molecule is CN1CCC(N(C)c2ncnc3c2ccn3SI)C1.O=CCNc1cc(Cl)cc(Cl)c1. The van der Waals surface area contributed by atoms with Gasteiger partial charge in [-0.1, -0.05) is 23.2 Å². The molecule has 0 radical (unpaired) electrons. The zero-order valence-electron chi connectivity index (χ0n) is 17.1. The molecule has 0 amide bonds. The van der Waals surface area contributed by atoms with Crippen LogP contribution in [0.2, 0.25) is 10.0 Å². The molecule has 1 N–H and O–H groups in total. The second-order valence-corrected chi connectivity index (χ2v) is 9.75. The molecule has 1 fully saturated rings. The van der Waals surface area contributed by atoms with Crippen LogP contribution in [0.15, 0.2) is 36.8 Å². The van der Waals surface area contributed by atoms with E-state index in [1.807, 2.05) is 0 Å². The summed E-state index contributed by atoms with van der Waals surface area (Å²) in [5, 5.41) is 5.07. The second-order valence-electron chi connectivity index (χ2n) is 7.17. The average Bonchev–Trinajstić information content (AvgIpc) is 3.37. The molecule has 31 heavy (non-hydrogen) atoms. The second kappa shape index (κ2) is 11.6. The summed E-state index contributed by atoms with van der Waals surface area (Å²) >= 11 is 13.7. The van der Waals surface area contributed by atoms with Gasteiger partial charge < -0.3 is 19.9 Å². The van der Waals surface area contributed by atoms with Crippen molar-refractivity contribution < 1.29 is 4.79 Å². The molecule has 3 heterocycles. The van der Waals surface area contributed by atoms with Crippen molar-refractivity contribution in [1.82, 2.24) is 18.8 Å². The summed E-state index contributed by atoms with van der Waals surface area (Å²) in [6.07, 6.45) is 5.68. The van der Waals surface area contributed by atoms with Gasteiger partial charge in [-0.3, -0.25) is 3.97 Å². The Morgan fingerprint density at radius 2 is 2.06 bits per heavy atom. The lowest BCUT2D eigenvalue weighted by molar-refractivity contribution is -0.106. The summed E-state index contributed by atoms with van der Waals surface area (Å²) in [4.78, 5) is 23.6.